The highest BCUT2D eigenvalue weighted by Crippen LogP contribution is 2.28. The SMILES string of the molecule is CC(C)(C)NC(=O)[C@@H](c1cccs1)N(C[C@@H]1CCCO1)C(=O)Cn1nnc(-c2ccc(F)cc2)n1. The van der Waals surface area contributed by atoms with E-state index < -0.39 is 11.6 Å². The van der Waals surface area contributed by atoms with Crippen molar-refractivity contribution >= 4 is 23.2 Å². The Labute approximate surface area is 207 Å². The van der Waals surface area contributed by atoms with Crippen molar-refractivity contribution in [3.63, 3.8) is 0 Å². The Kier molecular flexibility index (Phi) is 7.56. The molecular weight excluding hydrogens is 471 g/mol. The summed E-state index contributed by atoms with van der Waals surface area (Å²) in [5.41, 5.74) is 0.116. The highest BCUT2D eigenvalue weighted by molar-refractivity contribution is 7.10. The van der Waals surface area contributed by atoms with Crippen LogP contribution < -0.4 is 5.32 Å². The van der Waals surface area contributed by atoms with Gasteiger partial charge < -0.3 is 15.0 Å². The predicted octanol–water partition coefficient (Wildman–Crippen LogP) is 3.20. The van der Waals surface area contributed by atoms with Crippen LogP contribution in [0.15, 0.2) is 41.8 Å². The van der Waals surface area contributed by atoms with Crippen LogP contribution in [0.25, 0.3) is 11.4 Å². The Morgan fingerprint density at radius 3 is 2.69 bits per heavy atom. The van der Waals surface area contributed by atoms with E-state index in [1.165, 1.54) is 28.3 Å². The minimum atomic E-state index is -0.814. The summed E-state index contributed by atoms with van der Waals surface area (Å²) in [6.07, 6.45) is 1.58. The molecule has 1 N–H and O–H groups in total. The molecular formula is C24H29FN6O3S. The molecule has 1 fully saturated rings. The number of halogens is 1. The second kappa shape index (κ2) is 10.6. The third-order valence-electron chi connectivity index (χ3n) is 5.45. The van der Waals surface area contributed by atoms with E-state index in [0.29, 0.717) is 12.2 Å². The number of hydrogen-bond acceptors (Lipinski definition) is 7. The van der Waals surface area contributed by atoms with Crippen LogP contribution >= 0.6 is 11.3 Å². The van der Waals surface area contributed by atoms with Crippen molar-refractivity contribution in [2.24, 2.45) is 0 Å². The van der Waals surface area contributed by atoms with E-state index in [-0.39, 0.29) is 42.6 Å². The number of aromatic nitrogens is 4. The Hall–Kier alpha value is -3.18. The number of rotatable bonds is 8. The number of hydrogen-bond donors (Lipinski definition) is 1. The van der Waals surface area contributed by atoms with E-state index in [4.69, 9.17) is 4.74 Å². The van der Waals surface area contributed by atoms with Gasteiger partial charge in [-0.05, 0) is 74.5 Å². The second-order valence-corrected chi connectivity index (χ2v) is 10.5. The monoisotopic (exact) mass is 500 g/mol. The maximum absolute atomic E-state index is 13.6. The van der Waals surface area contributed by atoms with Gasteiger partial charge in [0.1, 0.15) is 18.4 Å². The van der Waals surface area contributed by atoms with Gasteiger partial charge in [0.15, 0.2) is 0 Å². The van der Waals surface area contributed by atoms with Crippen LogP contribution in [-0.2, 0) is 20.9 Å². The summed E-state index contributed by atoms with van der Waals surface area (Å²) in [6, 6.07) is 8.62. The van der Waals surface area contributed by atoms with Crippen molar-refractivity contribution in [2.75, 3.05) is 13.2 Å². The molecule has 0 aliphatic carbocycles. The molecule has 3 aromatic rings. The Balaban J connectivity index is 1.60. The maximum Gasteiger partial charge on any atom is 0.248 e. The first-order valence-electron chi connectivity index (χ1n) is 11.5. The van der Waals surface area contributed by atoms with Gasteiger partial charge in [0, 0.05) is 29.1 Å². The molecule has 0 radical (unpaired) electrons. The fourth-order valence-electron chi connectivity index (χ4n) is 3.90. The first kappa shape index (κ1) is 24.9. The summed E-state index contributed by atoms with van der Waals surface area (Å²) in [5.74, 6) is -0.672. The average Bonchev–Trinajstić information content (AvgIpc) is 3.56. The third kappa shape index (κ3) is 6.49. The van der Waals surface area contributed by atoms with Gasteiger partial charge in [-0.2, -0.15) is 4.80 Å². The Morgan fingerprint density at radius 2 is 2.06 bits per heavy atom. The molecule has 4 rings (SSSR count). The number of nitrogens with one attached hydrogen (secondary N) is 1. The number of amides is 2. The van der Waals surface area contributed by atoms with Crippen LogP contribution in [0.3, 0.4) is 0 Å². The van der Waals surface area contributed by atoms with Gasteiger partial charge >= 0.3 is 0 Å². The van der Waals surface area contributed by atoms with Crippen LogP contribution in [0.5, 0.6) is 0 Å². The van der Waals surface area contributed by atoms with E-state index in [9.17, 15) is 14.0 Å². The molecule has 11 heteroatoms. The molecule has 0 spiro atoms. The van der Waals surface area contributed by atoms with E-state index >= 15 is 0 Å². The lowest BCUT2D eigenvalue weighted by atomic mass is 10.1. The zero-order valence-corrected chi connectivity index (χ0v) is 20.8. The largest absolute Gasteiger partial charge is 0.376 e. The van der Waals surface area contributed by atoms with Crippen molar-refractivity contribution in [3.05, 3.63) is 52.5 Å². The van der Waals surface area contributed by atoms with E-state index in [0.717, 1.165) is 17.7 Å². The summed E-state index contributed by atoms with van der Waals surface area (Å²) in [6.45, 7) is 6.41. The highest BCUT2D eigenvalue weighted by atomic mass is 32.1. The van der Waals surface area contributed by atoms with Gasteiger partial charge in [0.25, 0.3) is 0 Å². The van der Waals surface area contributed by atoms with Gasteiger partial charge in [-0.25, -0.2) is 4.39 Å². The van der Waals surface area contributed by atoms with Crippen molar-refractivity contribution in [2.45, 2.75) is 57.8 Å². The van der Waals surface area contributed by atoms with Gasteiger partial charge in [0.05, 0.1) is 6.10 Å². The van der Waals surface area contributed by atoms with Crippen molar-refractivity contribution in [3.8, 4) is 11.4 Å². The van der Waals surface area contributed by atoms with E-state index in [1.54, 1.807) is 17.0 Å². The number of nitrogens with zero attached hydrogens (tertiary/aromatic N) is 5. The van der Waals surface area contributed by atoms with E-state index in [1.807, 2.05) is 38.3 Å². The first-order valence-corrected chi connectivity index (χ1v) is 12.4. The van der Waals surface area contributed by atoms with E-state index in [2.05, 4.69) is 20.7 Å². The summed E-state index contributed by atoms with van der Waals surface area (Å²) >= 11 is 1.42. The van der Waals surface area contributed by atoms with Gasteiger partial charge in [-0.3, -0.25) is 9.59 Å². The van der Waals surface area contributed by atoms with Crippen molar-refractivity contribution < 1.29 is 18.7 Å². The van der Waals surface area contributed by atoms with Crippen LogP contribution in [0.2, 0.25) is 0 Å². The summed E-state index contributed by atoms with van der Waals surface area (Å²) in [7, 11) is 0. The summed E-state index contributed by atoms with van der Waals surface area (Å²) in [5, 5.41) is 17.2. The van der Waals surface area contributed by atoms with Crippen molar-refractivity contribution in [1.29, 1.82) is 0 Å². The lowest BCUT2D eigenvalue weighted by Gasteiger charge is -2.34. The molecule has 0 saturated carbocycles. The number of carbonyl (C=O) groups excluding carboxylic acids is 2. The molecule has 9 nitrogen and oxygen atoms in total. The lowest BCUT2D eigenvalue weighted by Crippen LogP contribution is -2.51. The number of carbonyl (C=O) groups is 2. The molecule has 2 amide bonds. The normalized spacial score (nSPS) is 16.7. The number of thiophene rings is 1. The molecule has 3 heterocycles. The summed E-state index contributed by atoms with van der Waals surface area (Å²) < 4.78 is 19.0. The Bertz CT molecular complexity index is 1140. The molecule has 2 atom stereocenters. The van der Waals surface area contributed by atoms with Crippen LogP contribution in [0.4, 0.5) is 4.39 Å². The first-order chi connectivity index (χ1) is 16.7. The number of tetrazole rings is 1. The fraction of sp³-hybridized carbons (Fsp3) is 0.458. The second-order valence-electron chi connectivity index (χ2n) is 9.49. The van der Waals surface area contributed by atoms with Crippen LogP contribution in [0.1, 0.15) is 44.5 Å². The topological polar surface area (TPSA) is 102 Å². The molecule has 1 aliphatic rings. The minimum Gasteiger partial charge on any atom is -0.376 e. The zero-order valence-electron chi connectivity index (χ0n) is 20.0. The fourth-order valence-corrected chi connectivity index (χ4v) is 4.74. The van der Waals surface area contributed by atoms with Gasteiger partial charge in [0.2, 0.25) is 17.6 Å². The average molecular weight is 501 g/mol. The molecule has 1 saturated heterocycles. The molecule has 35 heavy (non-hydrogen) atoms. The third-order valence-corrected chi connectivity index (χ3v) is 6.37. The molecule has 2 aromatic heterocycles. The zero-order chi connectivity index (χ0) is 25.0. The molecule has 0 unspecified atom stereocenters. The predicted molar refractivity (Wildman–Crippen MR) is 129 cm³/mol. The minimum absolute atomic E-state index is 0.151. The summed E-state index contributed by atoms with van der Waals surface area (Å²) in [4.78, 5) is 30.6. The number of benzene rings is 1. The molecule has 0 bridgehead atoms. The molecule has 1 aliphatic heterocycles. The lowest BCUT2D eigenvalue weighted by molar-refractivity contribution is -0.144. The van der Waals surface area contributed by atoms with Gasteiger partial charge in [-0.15, -0.1) is 21.5 Å². The molecule has 186 valence electrons. The number of ether oxygens (including phenoxy) is 1. The highest BCUT2D eigenvalue weighted by Gasteiger charge is 2.36. The van der Waals surface area contributed by atoms with Crippen LogP contribution in [-0.4, -0.2) is 61.7 Å². The van der Waals surface area contributed by atoms with Crippen molar-refractivity contribution in [1.82, 2.24) is 30.4 Å². The van der Waals surface area contributed by atoms with Gasteiger partial charge in [-0.1, -0.05) is 6.07 Å². The van der Waals surface area contributed by atoms with Crippen LogP contribution in [0, 0.1) is 5.82 Å². The maximum atomic E-state index is 13.6. The molecule has 1 aromatic carbocycles. The smallest absolute Gasteiger partial charge is 0.248 e. The Morgan fingerprint density at radius 1 is 1.29 bits per heavy atom. The standard InChI is InChI=1S/C24H29FN6O3S/c1-24(2,3)26-23(33)21(19-7-5-13-35-19)30(14-18-6-4-12-34-18)20(32)15-31-28-22(27-29-31)16-8-10-17(25)11-9-16/h5,7-11,13,18,21H,4,6,12,14-15H2,1-3H3,(H,26,33)/t18-,21+/m0/s1. The quantitative estimate of drug-likeness (QED) is 0.510.